The molecule has 3 heteroatoms. The monoisotopic (exact) mass is 216 g/mol. The van der Waals surface area contributed by atoms with E-state index in [1.807, 2.05) is 0 Å². The van der Waals surface area contributed by atoms with E-state index < -0.39 is 0 Å². The molecular formula is C11H24N2S. The standard InChI is InChI=1S/C11H21NS.H3N/c1-5-7-8-10(6-2)11(3,4)13-9-12;/h10H,5-8H2,1-4H3;1H3. The molecule has 0 aliphatic heterocycles. The Labute approximate surface area is 93.0 Å². The van der Waals surface area contributed by atoms with Crippen LogP contribution >= 0.6 is 11.8 Å². The molecule has 0 amide bonds. The third-order valence-corrected chi connectivity index (χ3v) is 3.64. The van der Waals surface area contributed by atoms with Crippen molar-refractivity contribution in [1.29, 1.82) is 5.26 Å². The first kappa shape index (κ1) is 16.2. The minimum absolute atomic E-state index is 0. The third kappa shape index (κ3) is 5.51. The normalized spacial score (nSPS) is 12.8. The fourth-order valence-electron chi connectivity index (χ4n) is 1.69. The number of unbranched alkanes of at least 4 members (excludes halogenated alkanes) is 1. The quantitative estimate of drug-likeness (QED) is 0.671. The zero-order chi connectivity index (χ0) is 10.3. The number of nitriles is 1. The molecule has 2 nitrogen and oxygen atoms in total. The average Bonchev–Trinajstić information content (AvgIpc) is 2.05. The zero-order valence-electron chi connectivity index (χ0n) is 9.97. The first-order valence-electron chi connectivity index (χ1n) is 5.15. The van der Waals surface area contributed by atoms with Crippen molar-refractivity contribution in [3.63, 3.8) is 0 Å². The van der Waals surface area contributed by atoms with Gasteiger partial charge in [-0.15, -0.1) is 0 Å². The molecule has 1 atom stereocenters. The molecule has 0 rings (SSSR count). The van der Waals surface area contributed by atoms with Crippen LogP contribution < -0.4 is 6.15 Å². The molecule has 0 aromatic heterocycles. The van der Waals surface area contributed by atoms with Crippen LogP contribution in [0.3, 0.4) is 0 Å². The molecule has 3 N–H and O–H groups in total. The van der Waals surface area contributed by atoms with Gasteiger partial charge in [0.25, 0.3) is 0 Å². The summed E-state index contributed by atoms with van der Waals surface area (Å²) in [7, 11) is 0. The van der Waals surface area contributed by atoms with Crippen LogP contribution in [0.25, 0.3) is 0 Å². The molecule has 0 bridgehead atoms. The van der Waals surface area contributed by atoms with E-state index in [1.165, 1.54) is 37.4 Å². The van der Waals surface area contributed by atoms with Crippen LogP contribution in [0.4, 0.5) is 0 Å². The minimum atomic E-state index is 0. The van der Waals surface area contributed by atoms with Gasteiger partial charge in [0.05, 0.1) is 0 Å². The van der Waals surface area contributed by atoms with Gasteiger partial charge in [-0.3, -0.25) is 0 Å². The molecule has 0 aromatic rings. The molecule has 0 saturated heterocycles. The minimum Gasteiger partial charge on any atom is -0.344 e. The Morgan fingerprint density at radius 2 is 1.93 bits per heavy atom. The molecule has 14 heavy (non-hydrogen) atoms. The highest BCUT2D eigenvalue weighted by molar-refractivity contribution is 8.05. The summed E-state index contributed by atoms with van der Waals surface area (Å²) in [6, 6.07) is 0. The molecule has 84 valence electrons. The van der Waals surface area contributed by atoms with Crippen molar-refractivity contribution >= 4 is 11.8 Å². The Morgan fingerprint density at radius 1 is 1.36 bits per heavy atom. The van der Waals surface area contributed by atoms with Crippen LogP contribution in [-0.2, 0) is 0 Å². The number of nitrogens with zero attached hydrogens (tertiary/aromatic N) is 1. The molecule has 0 aliphatic carbocycles. The van der Waals surface area contributed by atoms with Gasteiger partial charge in [0, 0.05) is 4.75 Å². The summed E-state index contributed by atoms with van der Waals surface area (Å²) in [5, 5.41) is 10.9. The van der Waals surface area contributed by atoms with Crippen LogP contribution in [0.5, 0.6) is 0 Å². The molecule has 0 aromatic carbocycles. The van der Waals surface area contributed by atoms with E-state index in [0.717, 1.165) is 0 Å². The van der Waals surface area contributed by atoms with Gasteiger partial charge in [0.2, 0.25) is 0 Å². The van der Waals surface area contributed by atoms with Gasteiger partial charge in [-0.2, -0.15) is 5.26 Å². The van der Waals surface area contributed by atoms with Gasteiger partial charge in [0.15, 0.2) is 0 Å². The predicted octanol–water partition coefficient (Wildman–Crippen LogP) is 4.36. The summed E-state index contributed by atoms with van der Waals surface area (Å²) < 4.78 is 0.124. The maximum atomic E-state index is 8.68. The second-order valence-corrected chi connectivity index (χ2v) is 5.48. The number of thiocyanates is 1. The maximum absolute atomic E-state index is 8.68. The summed E-state index contributed by atoms with van der Waals surface area (Å²) >= 11 is 1.42. The summed E-state index contributed by atoms with van der Waals surface area (Å²) in [6.07, 6.45) is 4.98. The molecule has 0 spiro atoms. The Morgan fingerprint density at radius 3 is 2.29 bits per heavy atom. The van der Waals surface area contributed by atoms with Crippen LogP contribution in [0.15, 0.2) is 0 Å². The largest absolute Gasteiger partial charge is 0.344 e. The highest BCUT2D eigenvalue weighted by Crippen LogP contribution is 2.36. The van der Waals surface area contributed by atoms with Crippen molar-refractivity contribution in [1.82, 2.24) is 6.15 Å². The van der Waals surface area contributed by atoms with E-state index in [1.54, 1.807) is 0 Å². The van der Waals surface area contributed by atoms with Crippen LogP contribution in [0.2, 0.25) is 0 Å². The van der Waals surface area contributed by atoms with Crippen LogP contribution in [0, 0.1) is 16.6 Å². The maximum Gasteiger partial charge on any atom is 0.133 e. The highest BCUT2D eigenvalue weighted by atomic mass is 32.2. The van der Waals surface area contributed by atoms with Crippen molar-refractivity contribution in [2.75, 3.05) is 0 Å². The van der Waals surface area contributed by atoms with Gasteiger partial charge in [0.1, 0.15) is 5.40 Å². The van der Waals surface area contributed by atoms with Crippen LogP contribution in [0.1, 0.15) is 53.4 Å². The zero-order valence-corrected chi connectivity index (χ0v) is 10.8. The van der Waals surface area contributed by atoms with E-state index >= 15 is 0 Å². The molecule has 0 radical (unpaired) electrons. The SMILES string of the molecule is CCCCC(CC)C(C)(C)SC#N.N. The number of hydrogen-bond donors (Lipinski definition) is 1. The van der Waals surface area contributed by atoms with Crippen molar-refractivity contribution in [3.05, 3.63) is 0 Å². The second kappa shape index (κ2) is 8.14. The lowest BCUT2D eigenvalue weighted by atomic mass is 9.88. The van der Waals surface area contributed by atoms with E-state index in [4.69, 9.17) is 5.26 Å². The van der Waals surface area contributed by atoms with Gasteiger partial charge in [-0.05, 0) is 37.9 Å². The van der Waals surface area contributed by atoms with Crippen molar-refractivity contribution < 1.29 is 0 Å². The Balaban J connectivity index is 0. The van der Waals surface area contributed by atoms with Crippen molar-refractivity contribution in [2.24, 2.45) is 5.92 Å². The first-order chi connectivity index (χ1) is 6.08. The molecule has 0 saturated carbocycles. The lowest BCUT2D eigenvalue weighted by molar-refractivity contribution is 0.373. The Bertz CT molecular complexity index is 173. The average molecular weight is 216 g/mol. The van der Waals surface area contributed by atoms with Crippen molar-refractivity contribution in [2.45, 2.75) is 58.1 Å². The summed E-state index contributed by atoms with van der Waals surface area (Å²) in [5.74, 6) is 0.678. The third-order valence-electron chi connectivity index (χ3n) is 2.69. The molecule has 0 aliphatic rings. The second-order valence-electron chi connectivity index (χ2n) is 4.04. The lowest BCUT2D eigenvalue weighted by Crippen LogP contribution is -2.26. The van der Waals surface area contributed by atoms with Gasteiger partial charge in [-0.25, -0.2) is 0 Å². The van der Waals surface area contributed by atoms with Gasteiger partial charge >= 0.3 is 0 Å². The molecule has 0 fully saturated rings. The lowest BCUT2D eigenvalue weighted by Gasteiger charge is -2.30. The molecular weight excluding hydrogens is 192 g/mol. The molecule has 0 heterocycles. The summed E-state index contributed by atoms with van der Waals surface area (Å²) in [5.41, 5.74) is 0. The van der Waals surface area contributed by atoms with Gasteiger partial charge < -0.3 is 6.15 Å². The fourth-order valence-corrected chi connectivity index (χ4v) is 2.38. The number of rotatable bonds is 6. The topological polar surface area (TPSA) is 58.8 Å². The van der Waals surface area contributed by atoms with Gasteiger partial charge in [-0.1, -0.05) is 33.1 Å². The summed E-state index contributed by atoms with van der Waals surface area (Å²) in [6.45, 7) is 8.81. The number of hydrogen-bond acceptors (Lipinski definition) is 3. The smallest absolute Gasteiger partial charge is 0.133 e. The number of thioether (sulfide) groups is 1. The molecule has 1 unspecified atom stereocenters. The van der Waals surface area contributed by atoms with Crippen LogP contribution in [-0.4, -0.2) is 4.75 Å². The Hall–Kier alpha value is -0.200. The van der Waals surface area contributed by atoms with Crippen molar-refractivity contribution in [3.8, 4) is 5.40 Å². The van der Waals surface area contributed by atoms with E-state index in [9.17, 15) is 0 Å². The first-order valence-corrected chi connectivity index (χ1v) is 5.97. The Kier molecular flexibility index (Phi) is 9.44. The van der Waals surface area contributed by atoms with E-state index in [0.29, 0.717) is 5.92 Å². The summed E-state index contributed by atoms with van der Waals surface area (Å²) in [4.78, 5) is 0. The predicted molar refractivity (Wildman–Crippen MR) is 65.6 cm³/mol. The fraction of sp³-hybridized carbons (Fsp3) is 0.909. The van der Waals surface area contributed by atoms with E-state index in [-0.39, 0.29) is 10.9 Å². The highest BCUT2D eigenvalue weighted by Gasteiger charge is 2.28. The van der Waals surface area contributed by atoms with E-state index in [2.05, 4.69) is 33.1 Å².